The molecule has 2 aromatic heterocycles. The van der Waals surface area contributed by atoms with Crippen molar-refractivity contribution in [1.29, 1.82) is 0 Å². The standard InChI is InChI=1S/C19H29N5S/c1-3-16-10-11-17(25-16)15-24-19(20-4-2)23-14-8-7-13-22-18-9-5-6-12-21-18/h5-6,9-12H,3-4,7-8,13-15H2,1-2H3,(H,21,22)(H2,20,23,24). The summed E-state index contributed by atoms with van der Waals surface area (Å²) in [5.74, 6) is 1.83. The van der Waals surface area contributed by atoms with Gasteiger partial charge in [0.15, 0.2) is 5.96 Å². The van der Waals surface area contributed by atoms with Crippen molar-refractivity contribution in [3.05, 3.63) is 46.3 Å². The molecule has 0 aliphatic rings. The largest absolute Gasteiger partial charge is 0.370 e. The van der Waals surface area contributed by atoms with Gasteiger partial charge in [0, 0.05) is 35.6 Å². The van der Waals surface area contributed by atoms with E-state index in [0.29, 0.717) is 0 Å². The predicted octanol–water partition coefficient (Wildman–Crippen LogP) is 3.65. The maximum absolute atomic E-state index is 4.68. The Bertz CT molecular complexity index is 624. The fourth-order valence-electron chi connectivity index (χ4n) is 2.34. The molecule has 0 saturated heterocycles. The summed E-state index contributed by atoms with van der Waals surface area (Å²) in [4.78, 5) is 11.7. The third-order valence-electron chi connectivity index (χ3n) is 3.67. The number of guanidine groups is 1. The van der Waals surface area contributed by atoms with Crippen molar-refractivity contribution in [3.63, 3.8) is 0 Å². The third kappa shape index (κ3) is 7.56. The second kappa shape index (κ2) is 11.5. The first kappa shape index (κ1) is 19.2. The maximum atomic E-state index is 4.68. The van der Waals surface area contributed by atoms with Crippen LogP contribution in [0.15, 0.2) is 41.5 Å². The first-order valence-corrected chi connectivity index (χ1v) is 9.88. The van der Waals surface area contributed by atoms with E-state index in [1.54, 1.807) is 6.20 Å². The molecule has 2 heterocycles. The maximum Gasteiger partial charge on any atom is 0.191 e. The minimum absolute atomic E-state index is 0.737. The summed E-state index contributed by atoms with van der Waals surface area (Å²) < 4.78 is 0. The van der Waals surface area contributed by atoms with Crippen LogP contribution in [0.1, 0.15) is 36.4 Å². The monoisotopic (exact) mass is 359 g/mol. The number of hydrogen-bond acceptors (Lipinski definition) is 4. The number of nitrogens with zero attached hydrogens (tertiary/aromatic N) is 2. The van der Waals surface area contributed by atoms with Crippen molar-refractivity contribution in [3.8, 4) is 0 Å². The number of hydrogen-bond donors (Lipinski definition) is 3. The van der Waals surface area contributed by atoms with E-state index in [9.17, 15) is 0 Å². The molecule has 136 valence electrons. The van der Waals surface area contributed by atoms with Crippen LogP contribution in [-0.4, -0.2) is 30.6 Å². The summed E-state index contributed by atoms with van der Waals surface area (Å²) in [5.41, 5.74) is 0. The van der Waals surface area contributed by atoms with Crippen LogP contribution in [0.2, 0.25) is 0 Å². The molecule has 0 aliphatic carbocycles. The Morgan fingerprint density at radius 1 is 1.04 bits per heavy atom. The van der Waals surface area contributed by atoms with Gasteiger partial charge in [0.1, 0.15) is 5.82 Å². The zero-order chi connectivity index (χ0) is 17.7. The fraction of sp³-hybridized carbons (Fsp3) is 0.474. The molecule has 5 nitrogen and oxygen atoms in total. The molecule has 0 bridgehead atoms. The minimum atomic E-state index is 0.737. The van der Waals surface area contributed by atoms with Crippen LogP contribution in [-0.2, 0) is 13.0 Å². The van der Waals surface area contributed by atoms with Gasteiger partial charge in [0.05, 0.1) is 6.54 Å². The van der Waals surface area contributed by atoms with Crippen LogP contribution in [0, 0.1) is 0 Å². The zero-order valence-electron chi connectivity index (χ0n) is 15.2. The first-order chi connectivity index (χ1) is 12.3. The molecule has 0 aromatic carbocycles. The molecule has 2 rings (SSSR count). The first-order valence-electron chi connectivity index (χ1n) is 9.06. The van der Waals surface area contributed by atoms with Gasteiger partial charge < -0.3 is 16.0 Å². The Morgan fingerprint density at radius 2 is 1.88 bits per heavy atom. The number of nitrogens with one attached hydrogen (secondary N) is 3. The number of aliphatic imine (C=N–C) groups is 1. The number of rotatable bonds is 10. The molecule has 0 unspecified atom stereocenters. The van der Waals surface area contributed by atoms with Gasteiger partial charge in [-0.05, 0) is 50.5 Å². The molecule has 0 fully saturated rings. The average molecular weight is 360 g/mol. The van der Waals surface area contributed by atoms with Crippen molar-refractivity contribution in [2.24, 2.45) is 4.99 Å². The van der Waals surface area contributed by atoms with Crippen LogP contribution in [0.3, 0.4) is 0 Å². The number of aryl methyl sites for hydroxylation is 1. The van der Waals surface area contributed by atoms with Crippen LogP contribution in [0.25, 0.3) is 0 Å². The Labute approximate surface area is 155 Å². The number of thiophene rings is 1. The van der Waals surface area contributed by atoms with E-state index in [0.717, 1.165) is 57.2 Å². The lowest BCUT2D eigenvalue weighted by molar-refractivity contribution is 0.712. The minimum Gasteiger partial charge on any atom is -0.370 e. The number of aromatic nitrogens is 1. The number of unbranched alkanes of at least 4 members (excludes halogenated alkanes) is 1. The molecule has 0 amide bonds. The van der Waals surface area contributed by atoms with Crippen molar-refractivity contribution in [2.45, 2.75) is 39.7 Å². The van der Waals surface area contributed by atoms with E-state index in [-0.39, 0.29) is 0 Å². The van der Waals surface area contributed by atoms with E-state index in [1.807, 2.05) is 29.5 Å². The molecule has 0 saturated carbocycles. The zero-order valence-corrected chi connectivity index (χ0v) is 16.0. The van der Waals surface area contributed by atoms with Gasteiger partial charge in [-0.1, -0.05) is 13.0 Å². The summed E-state index contributed by atoms with van der Waals surface area (Å²) in [7, 11) is 0. The van der Waals surface area contributed by atoms with E-state index < -0.39 is 0 Å². The van der Waals surface area contributed by atoms with Gasteiger partial charge in [0.25, 0.3) is 0 Å². The molecule has 0 radical (unpaired) electrons. The van der Waals surface area contributed by atoms with Gasteiger partial charge in [0.2, 0.25) is 0 Å². The number of pyridine rings is 1. The molecular weight excluding hydrogens is 330 g/mol. The van der Waals surface area contributed by atoms with Crippen molar-refractivity contribution in [2.75, 3.05) is 25.0 Å². The molecule has 0 aliphatic heterocycles. The lowest BCUT2D eigenvalue weighted by atomic mass is 10.3. The molecular formula is C19H29N5S. The van der Waals surface area contributed by atoms with Crippen molar-refractivity contribution in [1.82, 2.24) is 15.6 Å². The smallest absolute Gasteiger partial charge is 0.191 e. The Hall–Kier alpha value is -2.08. The van der Waals surface area contributed by atoms with E-state index in [2.05, 4.69) is 51.9 Å². The van der Waals surface area contributed by atoms with E-state index in [1.165, 1.54) is 9.75 Å². The summed E-state index contributed by atoms with van der Waals surface area (Å²) in [6.45, 7) is 7.74. The molecule has 0 atom stereocenters. The Morgan fingerprint density at radius 3 is 2.60 bits per heavy atom. The normalized spacial score (nSPS) is 11.4. The molecule has 2 aromatic rings. The predicted molar refractivity (Wildman–Crippen MR) is 108 cm³/mol. The van der Waals surface area contributed by atoms with Crippen molar-refractivity contribution < 1.29 is 0 Å². The average Bonchev–Trinajstić information content (AvgIpc) is 3.11. The van der Waals surface area contributed by atoms with Gasteiger partial charge in [-0.2, -0.15) is 0 Å². The van der Waals surface area contributed by atoms with Gasteiger partial charge >= 0.3 is 0 Å². The lowest BCUT2D eigenvalue weighted by Crippen LogP contribution is -2.37. The molecule has 0 spiro atoms. The highest BCUT2D eigenvalue weighted by Gasteiger charge is 2.00. The highest BCUT2D eigenvalue weighted by molar-refractivity contribution is 7.11. The summed E-state index contributed by atoms with van der Waals surface area (Å²) in [5, 5.41) is 10.0. The quantitative estimate of drug-likeness (QED) is 0.344. The van der Waals surface area contributed by atoms with E-state index >= 15 is 0 Å². The molecule has 3 N–H and O–H groups in total. The highest BCUT2D eigenvalue weighted by Crippen LogP contribution is 2.17. The van der Waals surface area contributed by atoms with Crippen LogP contribution in [0.5, 0.6) is 0 Å². The van der Waals surface area contributed by atoms with Crippen LogP contribution >= 0.6 is 11.3 Å². The van der Waals surface area contributed by atoms with E-state index in [4.69, 9.17) is 0 Å². The number of anilines is 1. The summed E-state index contributed by atoms with van der Waals surface area (Å²) in [6, 6.07) is 10.3. The van der Waals surface area contributed by atoms with Gasteiger partial charge in [-0.25, -0.2) is 9.98 Å². The van der Waals surface area contributed by atoms with Crippen LogP contribution < -0.4 is 16.0 Å². The lowest BCUT2D eigenvalue weighted by Gasteiger charge is -2.11. The topological polar surface area (TPSA) is 61.3 Å². The molecule has 25 heavy (non-hydrogen) atoms. The molecule has 6 heteroatoms. The van der Waals surface area contributed by atoms with Gasteiger partial charge in [-0.15, -0.1) is 11.3 Å². The highest BCUT2D eigenvalue weighted by atomic mass is 32.1. The van der Waals surface area contributed by atoms with Gasteiger partial charge in [-0.3, -0.25) is 0 Å². The fourth-order valence-corrected chi connectivity index (χ4v) is 3.22. The summed E-state index contributed by atoms with van der Waals surface area (Å²) in [6.07, 6.45) is 5.08. The Kier molecular flexibility index (Phi) is 8.83. The SMILES string of the molecule is CCNC(=NCc1ccc(CC)s1)NCCCCNc1ccccn1. The second-order valence-corrected chi connectivity index (χ2v) is 6.95. The third-order valence-corrected chi connectivity index (χ3v) is 4.88. The Balaban J connectivity index is 1.65. The van der Waals surface area contributed by atoms with Crippen molar-refractivity contribution >= 4 is 23.1 Å². The second-order valence-electron chi connectivity index (χ2n) is 5.69. The summed E-state index contributed by atoms with van der Waals surface area (Å²) >= 11 is 1.85. The van der Waals surface area contributed by atoms with Crippen LogP contribution in [0.4, 0.5) is 5.82 Å².